The molecule has 2 rings (SSSR count). The number of rotatable bonds is 6. The molecule has 1 aliphatic heterocycles. The number of alkyl halides is 9. The minimum absolute atomic E-state index is 0.250. The highest BCUT2D eigenvalue weighted by molar-refractivity contribution is 5.83. The van der Waals surface area contributed by atoms with E-state index in [9.17, 15) is 54.2 Å². The van der Waals surface area contributed by atoms with Gasteiger partial charge >= 0.3 is 35.9 Å². The molecule has 0 spiro atoms. The van der Waals surface area contributed by atoms with Gasteiger partial charge < -0.3 is 20.5 Å². The quantitative estimate of drug-likeness (QED) is 0.429. The maximum Gasteiger partial charge on any atom is 0.460 e. The lowest BCUT2D eigenvalue weighted by molar-refractivity contribution is -0.423. The molecule has 3 N–H and O–H groups in total. The van der Waals surface area contributed by atoms with Gasteiger partial charge in [0.15, 0.2) is 0 Å². The van der Waals surface area contributed by atoms with E-state index in [1.807, 2.05) is 5.32 Å². The van der Waals surface area contributed by atoms with Gasteiger partial charge in [-0.15, -0.1) is 0 Å². The van der Waals surface area contributed by atoms with E-state index in [0.29, 0.717) is 0 Å². The fourth-order valence-electron chi connectivity index (χ4n) is 3.12. The second kappa shape index (κ2) is 8.01. The minimum atomic E-state index is -7.36. The fraction of sp³-hybridized carbons (Fsp3) is 0.529. The standard InChI is InChI=1S/C17H15F9N2O4/c1-2-32-11(29)9-10(8-6-4-3-5-7-8)27-12(30)28-13(9,31)14(18,19)15(20,21)16(22,23)17(24,25)26/h3-7,9-10,31H,2H2,1H3,(H2,27,28,30)/t9-,10-,13-/m1/s1. The third-order valence-corrected chi connectivity index (χ3v) is 4.70. The van der Waals surface area contributed by atoms with Crippen LogP contribution in [0.25, 0.3) is 0 Å². The van der Waals surface area contributed by atoms with Crippen molar-refractivity contribution in [3.8, 4) is 0 Å². The Labute approximate surface area is 173 Å². The largest absolute Gasteiger partial charge is 0.466 e. The van der Waals surface area contributed by atoms with Gasteiger partial charge in [0, 0.05) is 0 Å². The Morgan fingerprint density at radius 2 is 1.56 bits per heavy atom. The lowest BCUT2D eigenvalue weighted by Gasteiger charge is -2.49. The molecule has 0 unspecified atom stereocenters. The number of hydrogen-bond donors (Lipinski definition) is 3. The molecule has 180 valence electrons. The SMILES string of the molecule is CCOC(=O)[C@H]1[C@@H](c2ccccc2)NC(=O)N[C@]1(O)C(F)(F)C(F)(F)C(F)(F)C(F)(F)F. The first-order chi connectivity index (χ1) is 14.5. The van der Waals surface area contributed by atoms with E-state index in [2.05, 4.69) is 4.74 Å². The first-order valence-corrected chi connectivity index (χ1v) is 8.68. The fourth-order valence-corrected chi connectivity index (χ4v) is 3.12. The summed E-state index contributed by atoms with van der Waals surface area (Å²) in [5.74, 6) is -26.3. The monoisotopic (exact) mass is 482 g/mol. The van der Waals surface area contributed by atoms with Crippen LogP contribution in [-0.2, 0) is 9.53 Å². The molecule has 1 saturated heterocycles. The number of ether oxygens (including phenoxy) is 1. The molecular weight excluding hydrogens is 467 g/mol. The van der Waals surface area contributed by atoms with Crippen LogP contribution in [0, 0.1) is 5.92 Å². The molecule has 2 amide bonds. The van der Waals surface area contributed by atoms with Crippen molar-refractivity contribution >= 4 is 12.0 Å². The summed E-state index contributed by atoms with van der Waals surface area (Å²) in [6.07, 6.45) is -7.18. The maximum absolute atomic E-state index is 14.8. The van der Waals surface area contributed by atoms with E-state index < -0.39 is 60.2 Å². The van der Waals surface area contributed by atoms with Crippen molar-refractivity contribution in [1.82, 2.24) is 10.6 Å². The van der Waals surface area contributed by atoms with Crippen molar-refractivity contribution in [2.75, 3.05) is 6.61 Å². The van der Waals surface area contributed by atoms with E-state index in [1.165, 1.54) is 18.2 Å². The van der Waals surface area contributed by atoms with E-state index >= 15 is 0 Å². The van der Waals surface area contributed by atoms with Gasteiger partial charge in [-0.1, -0.05) is 30.3 Å². The predicted molar refractivity (Wildman–Crippen MR) is 86.8 cm³/mol. The predicted octanol–water partition coefficient (Wildman–Crippen LogP) is 3.38. The van der Waals surface area contributed by atoms with Crippen LogP contribution in [0.15, 0.2) is 30.3 Å². The number of nitrogens with one attached hydrogen (secondary N) is 2. The minimum Gasteiger partial charge on any atom is -0.466 e. The van der Waals surface area contributed by atoms with Gasteiger partial charge in [-0.25, -0.2) is 4.79 Å². The number of esters is 1. The van der Waals surface area contributed by atoms with Crippen LogP contribution in [-0.4, -0.2) is 53.4 Å². The smallest absolute Gasteiger partial charge is 0.460 e. The molecule has 0 radical (unpaired) electrons. The number of carbonyl (C=O) groups is 2. The molecule has 0 bridgehead atoms. The molecule has 1 fully saturated rings. The molecule has 0 aliphatic carbocycles. The third kappa shape index (κ3) is 3.71. The number of benzene rings is 1. The average Bonchev–Trinajstić information content (AvgIpc) is 2.66. The van der Waals surface area contributed by atoms with Gasteiger partial charge in [-0.05, 0) is 12.5 Å². The molecule has 15 heteroatoms. The molecule has 0 aromatic heterocycles. The first kappa shape index (κ1) is 25.5. The normalized spacial score (nSPS) is 25.0. The number of aliphatic hydroxyl groups is 1. The van der Waals surface area contributed by atoms with Crippen LogP contribution in [0.3, 0.4) is 0 Å². The second-order valence-electron chi connectivity index (χ2n) is 6.70. The van der Waals surface area contributed by atoms with Gasteiger partial charge in [0.1, 0.15) is 5.92 Å². The molecule has 1 aromatic rings. The lowest BCUT2D eigenvalue weighted by atomic mass is 9.76. The molecule has 3 atom stereocenters. The number of carbonyl (C=O) groups excluding carboxylic acids is 2. The Balaban J connectivity index is 2.75. The average molecular weight is 482 g/mol. The molecule has 1 heterocycles. The van der Waals surface area contributed by atoms with Crippen molar-refractivity contribution in [1.29, 1.82) is 0 Å². The second-order valence-corrected chi connectivity index (χ2v) is 6.70. The highest BCUT2D eigenvalue weighted by atomic mass is 19.4. The topological polar surface area (TPSA) is 87.7 Å². The molecule has 6 nitrogen and oxygen atoms in total. The van der Waals surface area contributed by atoms with E-state index in [4.69, 9.17) is 0 Å². The van der Waals surface area contributed by atoms with Crippen LogP contribution in [0.5, 0.6) is 0 Å². The Morgan fingerprint density at radius 3 is 2.03 bits per heavy atom. The molecule has 32 heavy (non-hydrogen) atoms. The van der Waals surface area contributed by atoms with Crippen LogP contribution in [0.4, 0.5) is 44.3 Å². The number of urea groups is 1. The van der Waals surface area contributed by atoms with Crippen molar-refractivity contribution in [2.45, 2.75) is 42.6 Å². The van der Waals surface area contributed by atoms with Gasteiger partial charge in [0.25, 0.3) is 0 Å². The summed E-state index contributed by atoms with van der Waals surface area (Å²) in [5, 5.41) is 13.1. The van der Waals surface area contributed by atoms with Crippen molar-refractivity contribution in [2.24, 2.45) is 5.92 Å². The first-order valence-electron chi connectivity index (χ1n) is 8.68. The number of hydrogen-bond acceptors (Lipinski definition) is 4. The van der Waals surface area contributed by atoms with E-state index in [1.54, 1.807) is 0 Å². The van der Waals surface area contributed by atoms with Crippen LogP contribution >= 0.6 is 0 Å². The maximum atomic E-state index is 14.8. The highest BCUT2D eigenvalue weighted by Crippen LogP contribution is 2.58. The van der Waals surface area contributed by atoms with E-state index in [0.717, 1.165) is 24.4 Å². The highest BCUT2D eigenvalue weighted by Gasteiger charge is 2.88. The molecule has 1 aromatic carbocycles. The van der Waals surface area contributed by atoms with Gasteiger partial charge in [0.2, 0.25) is 5.72 Å². The van der Waals surface area contributed by atoms with Crippen LogP contribution in [0.2, 0.25) is 0 Å². The van der Waals surface area contributed by atoms with Crippen LogP contribution < -0.4 is 10.6 Å². The Bertz CT molecular complexity index is 863. The molecule has 0 saturated carbocycles. The van der Waals surface area contributed by atoms with Gasteiger partial charge in [-0.3, -0.25) is 4.79 Å². The van der Waals surface area contributed by atoms with Crippen molar-refractivity contribution in [3.63, 3.8) is 0 Å². The van der Waals surface area contributed by atoms with Gasteiger partial charge in [-0.2, -0.15) is 39.5 Å². The summed E-state index contributed by atoms with van der Waals surface area (Å²) in [6, 6.07) is 2.12. The summed E-state index contributed by atoms with van der Waals surface area (Å²) in [7, 11) is 0. The van der Waals surface area contributed by atoms with Crippen molar-refractivity contribution in [3.05, 3.63) is 35.9 Å². The molecular formula is C17H15F9N2O4. The zero-order valence-electron chi connectivity index (χ0n) is 15.8. The van der Waals surface area contributed by atoms with Gasteiger partial charge in [0.05, 0.1) is 12.6 Å². The van der Waals surface area contributed by atoms with Crippen molar-refractivity contribution < 1.29 is 58.9 Å². The summed E-state index contributed by atoms with van der Waals surface area (Å²) in [5.41, 5.74) is -5.18. The zero-order valence-corrected chi connectivity index (χ0v) is 15.8. The molecule has 1 aliphatic rings. The summed E-state index contributed by atoms with van der Waals surface area (Å²) in [4.78, 5) is 24.2. The summed E-state index contributed by atoms with van der Waals surface area (Å²) < 4.78 is 127. The van der Waals surface area contributed by atoms with E-state index in [-0.39, 0.29) is 5.56 Å². The Morgan fingerprint density at radius 1 is 1.03 bits per heavy atom. The zero-order chi connectivity index (χ0) is 24.8. The third-order valence-electron chi connectivity index (χ3n) is 4.70. The number of amides is 2. The Kier molecular flexibility index (Phi) is 6.39. The van der Waals surface area contributed by atoms with Crippen LogP contribution in [0.1, 0.15) is 18.5 Å². The number of halogens is 9. The summed E-state index contributed by atoms with van der Waals surface area (Å²) in [6.45, 7) is 0.551. The Hall–Kier alpha value is -2.71. The summed E-state index contributed by atoms with van der Waals surface area (Å²) >= 11 is 0. The lowest BCUT2D eigenvalue weighted by Crippen LogP contribution is -2.80.